The molecule has 0 saturated heterocycles. The zero-order valence-corrected chi connectivity index (χ0v) is 8.33. The minimum Gasteiger partial charge on any atom is -0.481 e. The van der Waals surface area contributed by atoms with Gasteiger partial charge >= 0.3 is 5.97 Å². The SMILES string of the molecule is O=C(O)[C@H]1C2c3ccccc3SC[C@H]21. The van der Waals surface area contributed by atoms with Gasteiger partial charge in [0.25, 0.3) is 0 Å². The smallest absolute Gasteiger partial charge is 0.307 e. The fourth-order valence-electron chi connectivity index (χ4n) is 2.42. The molecule has 72 valence electrons. The van der Waals surface area contributed by atoms with Crippen molar-refractivity contribution in [2.45, 2.75) is 10.8 Å². The van der Waals surface area contributed by atoms with E-state index >= 15 is 0 Å². The van der Waals surface area contributed by atoms with Crippen LogP contribution < -0.4 is 0 Å². The van der Waals surface area contributed by atoms with Crippen molar-refractivity contribution in [2.24, 2.45) is 11.8 Å². The third-order valence-corrected chi connectivity index (χ3v) is 4.40. The summed E-state index contributed by atoms with van der Waals surface area (Å²) in [7, 11) is 0. The van der Waals surface area contributed by atoms with Crippen LogP contribution >= 0.6 is 11.8 Å². The first-order valence-electron chi connectivity index (χ1n) is 4.73. The molecule has 1 heterocycles. The lowest BCUT2D eigenvalue weighted by molar-refractivity contribution is -0.138. The summed E-state index contributed by atoms with van der Waals surface area (Å²) in [4.78, 5) is 12.2. The van der Waals surface area contributed by atoms with Gasteiger partial charge in [0.15, 0.2) is 0 Å². The topological polar surface area (TPSA) is 37.3 Å². The summed E-state index contributed by atoms with van der Waals surface area (Å²) in [5.41, 5.74) is 1.25. The Morgan fingerprint density at radius 3 is 3.00 bits per heavy atom. The molecule has 0 radical (unpaired) electrons. The van der Waals surface area contributed by atoms with E-state index < -0.39 is 5.97 Å². The van der Waals surface area contributed by atoms with Crippen LogP contribution in [0.15, 0.2) is 29.2 Å². The molecule has 1 saturated carbocycles. The van der Waals surface area contributed by atoms with E-state index in [1.54, 1.807) is 11.8 Å². The molecule has 2 nitrogen and oxygen atoms in total. The fourth-order valence-corrected chi connectivity index (χ4v) is 3.75. The summed E-state index contributed by atoms with van der Waals surface area (Å²) in [5.74, 6) is 0.902. The Balaban J connectivity index is 2.00. The van der Waals surface area contributed by atoms with Crippen LogP contribution in [0.1, 0.15) is 11.5 Å². The summed E-state index contributed by atoms with van der Waals surface area (Å²) >= 11 is 1.80. The van der Waals surface area contributed by atoms with E-state index in [0.29, 0.717) is 11.8 Å². The summed E-state index contributed by atoms with van der Waals surface area (Å²) in [6.07, 6.45) is 0. The first-order valence-corrected chi connectivity index (χ1v) is 5.72. The minimum absolute atomic E-state index is 0.119. The van der Waals surface area contributed by atoms with Gasteiger partial charge in [0.05, 0.1) is 5.92 Å². The molecule has 1 N–H and O–H groups in total. The van der Waals surface area contributed by atoms with Crippen LogP contribution in [-0.2, 0) is 4.79 Å². The molecule has 1 aliphatic heterocycles. The Labute approximate surface area is 86.3 Å². The lowest BCUT2D eigenvalue weighted by atomic mass is 10.1. The number of benzene rings is 1. The van der Waals surface area contributed by atoms with Crippen molar-refractivity contribution in [1.29, 1.82) is 0 Å². The average Bonchev–Trinajstić information content (AvgIpc) is 2.92. The molecule has 3 heteroatoms. The maximum absolute atomic E-state index is 10.9. The van der Waals surface area contributed by atoms with Crippen molar-refractivity contribution < 1.29 is 9.90 Å². The number of hydrogen-bond donors (Lipinski definition) is 1. The summed E-state index contributed by atoms with van der Waals surface area (Å²) in [6.45, 7) is 0. The van der Waals surface area contributed by atoms with Gasteiger partial charge in [-0.25, -0.2) is 0 Å². The molecular formula is C11H10O2S. The largest absolute Gasteiger partial charge is 0.481 e. The Bertz CT molecular complexity index is 402. The zero-order valence-electron chi connectivity index (χ0n) is 7.51. The highest BCUT2D eigenvalue weighted by atomic mass is 32.2. The molecule has 1 aliphatic carbocycles. The van der Waals surface area contributed by atoms with Crippen molar-refractivity contribution in [2.75, 3.05) is 5.75 Å². The highest BCUT2D eigenvalue weighted by Crippen LogP contribution is 2.60. The van der Waals surface area contributed by atoms with Crippen LogP contribution in [0.5, 0.6) is 0 Å². The molecule has 0 bridgehead atoms. The van der Waals surface area contributed by atoms with Crippen LogP contribution in [0.4, 0.5) is 0 Å². The molecule has 2 aliphatic rings. The summed E-state index contributed by atoms with van der Waals surface area (Å²) < 4.78 is 0. The molecule has 1 unspecified atom stereocenters. The van der Waals surface area contributed by atoms with Crippen LogP contribution in [0.25, 0.3) is 0 Å². The van der Waals surface area contributed by atoms with E-state index in [1.165, 1.54) is 10.5 Å². The van der Waals surface area contributed by atoms with E-state index in [2.05, 4.69) is 12.1 Å². The van der Waals surface area contributed by atoms with Crippen molar-refractivity contribution in [1.82, 2.24) is 0 Å². The van der Waals surface area contributed by atoms with Crippen molar-refractivity contribution in [3.8, 4) is 0 Å². The van der Waals surface area contributed by atoms with Gasteiger partial charge in [-0.3, -0.25) is 4.79 Å². The van der Waals surface area contributed by atoms with Gasteiger partial charge in [-0.05, 0) is 17.5 Å². The van der Waals surface area contributed by atoms with Gasteiger partial charge in [0.1, 0.15) is 0 Å². The number of rotatable bonds is 1. The second-order valence-corrected chi connectivity index (χ2v) is 4.96. The molecular weight excluding hydrogens is 196 g/mol. The third kappa shape index (κ3) is 1.02. The molecule has 0 spiro atoms. The molecule has 3 atom stereocenters. The Morgan fingerprint density at radius 2 is 2.21 bits per heavy atom. The molecule has 1 fully saturated rings. The lowest BCUT2D eigenvalue weighted by Gasteiger charge is -2.12. The molecule has 0 amide bonds. The van der Waals surface area contributed by atoms with Crippen LogP contribution in [0.3, 0.4) is 0 Å². The molecule has 1 aromatic carbocycles. The Kier molecular flexibility index (Phi) is 1.65. The number of thioether (sulfide) groups is 1. The summed E-state index contributed by atoms with van der Waals surface area (Å²) in [6, 6.07) is 8.18. The molecule has 14 heavy (non-hydrogen) atoms. The number of carboxylic acid groups (broad SMARTS) is 1. The number of hydrogen-bond acceptors (Lipinski definition) is 2. The normalized spacial score (nSPS) is 33.0. The fraction of sp³-hybridized carbons (Fsp3) is 0.364. The lowest BCUT2D eigenvalue weighted by Crippen LogP contribution is -2.00. The maximum atomic E-state index is 10.9. The van der Waals surface area contributed by atoms with E-state index in [1.807, 2.05) is 12.1 Å². The third-order valence-electron chi connectivity index (χ3n) is 3.16. The molecule has 1 aromatic rings. The maximum Gasteiger partial charge on any atom is 0.307 e. The van der Waals surface area contributed by atoms with Crippen molar-refractivity contribution in [3.63, 3.8) is 0 Å². The highest BCUT2D eigenvalue weighted by Gasteiger charge is 2.57. The standard InChI is InChI=1S/C11H10O2S/c12-11(13)10-7-5-14-8-4-2-1-3-6(8)9(7)10/h1-4,7,9-10H,5H2,(H,12,13)/t7-,9?,10-/m1/s1. The first kappa shape index (κ1) is 8.36. The van der Waals surface area contributed by atoms with Gasteiger partial charge < -0.3 is 5.11 Å². The summed E-state index contributed by atoms with van der Waals surface area (Å²) in [5, 5.41) is 9.00. The predicted octanol–water partition coefficient (Wildman–Crippen LogP) is 2.21. The molecule has 0 aromatic heterocycles. The highest BCUT2D eigenvalue weighted by molar-refractivity contribution is 7.99. The number of carboxylic acids is 1. The van der Waals surface area contributed by atoms with Crippen LogP contribution in [0.2, 0.25) is 0 Å². The minimum atomic E-state index is -0.627. The quantitative estimate of drug-likeness (QED) is 0.765. The first-order chi connectivity index (χ1) is 6.79. The monoisotopic (exact) mass is 206 g/mol. The second-order valence-electron chi connectivity index (χ2n) is 3.90. The second kappa shape index (κ2) is 2.76. The van der Waals surface area contributed by atoms with Gasteiger partial charge in [-0.2, -0.15) is 0 Å². The van der Waals surface area contributed by atoms with Gasteiger partial charge in [-0.15, -0.1) is 11.8 Å². The van der Waals surface area contributed by atoms with Gasteiger partial charge in [0.2, 0.25) is 0 Å². The van der Waals surface area contributed by atoms with Crippen LogP contribution in [-0.4, -0.2) is 16.8 Å². The van der Waals surface area contributed by atoms with E-state index in [4.69, 9.17) is 5.11 Å². The van der Waals surface area contributed by atoms with Gasteiger partial charge in [-0.1, -0.05) is 18.2 Å². The Hall–Kier alpha value is -0.960. The van der Waals surface area contributed by atoms with Crippen LogP contribution in [0, 0.1) is 11.8 Å². The van der Waals surface area contributed by atoms with E-state index in [9.17, 15) is 4.79 Å². The van der Waals surface area contributed by atoms with Crippen molar-refractivity contribution in [3.05, 3.63) is 29.8 Å². The number of carbonyl (C=O) groups is 1. The zero-order chi connectivity index (χ0) is 9.71. The molecule has 3 rings (SSSR count). The number of fused-ring (bicyclic) bond motifs is 3. The average molecular weight is 206 g/mol. The number of aliphatic carboxylic acids is 1. The van der Waals surface area contributed by atoms with E-state index in [0.717, 1.165) is 5.75 Å². The van der Waals surface area contributed by atoms with Gasteiger partial charge in [0, 0.05) is 16.6 Å². The Morgan fingerprint density at radius 1 is 1.43 bits per heavy atom. The van der Waals surface area contributed by atoms with Crippen molar-refractivity contribution >= 4 is 17.7 Å². The predicted molar refractivity (Wildman–Crippen MR) is 54.5 cm³/mol. The van der Waals surface area contributed by atoms with E-state index in [-0.39, 0.29) is 5.92 Å².